The SMILES string of the molecule is Oc1c(-c2nc3ccccc3[nH]2)ccc(I)c1F. The molecule has 18 heavy (non-hydrogen) atoms. The molecular formula is C13H8FIN2O. The molecule has 1 heterocycles. The number of phenolic OH excluding ortho intramolecular Hbond substituents is 1. The summed E-state index contributed by atoms with van der Waals surface area (Å²) in [7, 11) is 0. The van der Waals surface area contributed by atoms with Crippen molar-refractivity contribution in [3.8, 4) is 17.1 Å². The molecule has 0 amide bonds. The second-order valence-corrected chi connectivity index (χ2v) is 5.02. The number of benzene rings is 2. The van der Waals surface area contributed by atoms with E-state index in [1.807, 2.05) is 46.9 Å². The van der Waals surface area contributed by atoms with E-state index in [9.17, 15) is 9.50 Å². The van der Waals surface area contributed by atoms with Crippen LogP contribution in [-0.2, 0) is 0 Å². The van der Waals surface area contributed by atoms with Crippen LogP contribution in [0.15, 0.2) is 36.4 Å². The number of nitrogens with one attached hydrogen (secondary N) is 1. The number of rotatable bonds is 1. The molecule has 3 nitrogen and oxygen atoms in total. The number of para-hydroxylation sites is 2. The maximum atomic E-state index is 13.6. The van der Waals surface area contributed by atoms with Gasteiger partial charge in [0.25, 0.3) is 0 Å². The van der Waals surface area contributed by atoms with Crippen molar-refractivity contribution in [1.82, 2.24) is 9.97 Å². The van der Waals surface area contributed by atoms with Crippen molar-refractivity contribution >= 4 is 33.6 Å². The number of aromatic amines is 1. The predicted molar refractivity (Wildman–Crippen MR) is 75.9 cm³/mol. The zero-order valence-corrected chi connectivity index (χ0v) is 11.3. The number of imidazole rings is 1. The van der Waals surface area contributed by atoms with E-state index < -0.39 is 5.82 Å². The number of nitrogens with zero attached hydrogens (tertiary/aromatic N) is 1. The Morgan fingerprint density at radius 2 is 1.94 bits per heavy atom. The minimum atomic E-state index is -0.617. The number of phenols is 1. The van der Waals surface area contributed by atoms with Crippen LogP contribution in [0.4, 0.5) is 4.39 Å². The standard InChI is InChI=1S/C13H8FIN2O/c14-11-8(15)6-5-7(12(11)18)13-16-9-3-1-2-4-10(9)17-13/h1-6,18H,(H,16,17). The topological polar surface area (TPSA) is 48.9 Å². The highest BCUT2D eigenvalue weighted by Gasteiger charge is 2.15. The Morgan fingerprint density at radius 1 is 1.17 bits per heavy atom. The zero-order valence-electron chi connectivity index (χ0n) is 9.11. The number of hydrogen-bond donors (Lipinski definition) is 2. The van der Waals surface area contributed by atoms with Gasteiger partial charge in [0.15, 0.2) is 11.6 Å². The highest BCUT2D eigenvalue weighted by Crippen LogP contribution is 2.32. The molecule has 0 bridgehead atoms. The van der Waals surface area contributed by atoms with Crippen molar-refractivity contribution in [2.45, 2.75) is 0 Å². The van der Waals surface area contributed by atoms with Gasteiger partial charge in [-0.2, -0.15) is 0 Å². The molecule has 0 aliphatic rings. The van der Waals surface area contributed by atoms with Gasteiger partial charge in [0, 0.05) is 0 Å². The molecule has 3 rings (SSSR count). The Labute approximate surface area is 116 Å². The van der Waals surface area contributed by atoms with E-state index in [2.05, 4.69) is 9.97 Å². The van der Waals surface area contributed by atoms with E-state index in [4.69, 9.17) is 0 Å². The average molecular weight is 354 g/mol. The lowest BCUT2D eigenvalue weighted by molar-refractivity contribution is 0.432. The second-order valence-electron chi connectivity index (χ2n) is 3.86. The summed E-state index contributed by atoms with van der Waals surface area (Å²) in [4.78, 5) is 7.39. The van der Waals surface area contributed by atoms with Crippen molar-refractivity contribution in [2.24, 2.45) is 0 Å². The van der Waals surface area contributed by atoms with Crippen molar-refractivity contribution in [2.75, 3.05) is 0 Å². The predicted octanol–water partition coefficient (Wildman–Crippen LogP) is 3.68. The van der Waals surface area contributed by atoms with Gasteiger partial charge < -0.3 is 10.1 Å². The molecule has 0 fully saturated rings. The van der Waals surface area contributed by atoms with Gasteiger partial charge in [0.2, 0.25) is 0 Å². The number of halogens is 2. The number of aromatic hydroxyl groups is 1. The number of H-pyrrole nitrogens is 1. The van der Waals surface area contributed by atoms with Crippen LogP contribution in [0, 0.1) is 9.39 Å². The van der Waals surface area contributed by atoms with Crippen molar-refractivity contribution in [3.63, 3.8) is 0 Å². The van der Waals surface area contributed by atoms with Crippen LogP contribution in [-0.4, -0.2) is 15.1 Å². The summed E-state index contributed by atoms with van der Waals surface area (Å²) in [5.74, 6) is -0.529. The molecule has 0 spiro atoms. The normalized spacial score (nSPS) is 11.0. The summed E-state index contributed by atoms with van der Waals surface area (Å²) < 4.78 is 14.0. The molecule has 5 heteroatoms. The average Bonchev–Trinajstić information content (AvgIpc) is 2.79. The molecule has 2 N–H and O–H groups in total. The van der Waals surface area contributed by atoms with Gasteiger partial charge in [0.1, 0.15) is 5.82 Å². The van der Waals surface area contributed by atoms with E-state index in [0.29, 0.717) is 15.0 Å². The Morgan fingerprint density at radius 3 is 2.72 bits per heavy atom. The van der Waals surface area contributed by atoms with E-state index >= 15 is 0 Å². The lowest BCUT2D eigenvalue weighted by Crippen LogP contribution is -1.88. The fraction of sp³-hybridized carbons (Fsp3) is 0. The second kappa shape index (κ2) is 4.24. The quantitative estimate of drug-likeness (QED) is 0.655. The number of aromatic nitrogens is 2. The highest BCUT2D eigenvalue weighted by atomic mass is 127. The van der Waals surface area contributed by atoms with Crippen LogP contribution in [0.5, 0.6) is 5.75 Å². The molecular weight excluding hydrogens is 346 g/mol. The minimum Gasteiger partial charge on any atom is -0.504 e. The Balaban J connectivity index is 2.23. The zero-order chi connectivity index (χ0) is 12.7. The third kappa shape index (κ3) is 1.74. The summed E-state index contributed by atoms with van der Waals surface area (Å²) in [6.07, 6.45) is 0. The molecule has 2 aromatic carbocycles. The van der Waals surface area contributed by atoms with Gasteiger partial charge in [0.05, 0.1) is 20.2 Å². The van der Waals surface area contributed by atoms with Crippen LogP contribution in [0.3, 0.4) is 0 Å². The number of hydrogen-bond acceptors (Lipinski definition) is 2. The largest absolute Gasteiger partial charge is 0.504 e. The first-order valence-corrected chi connectivity index (χ1v) is 6.37. The maximum absolute atomic E-state index is 13.6. The van der Waals surface area contributed by atoms with Crippen molar-refractivity contribution in [1.29, 1.82) is 0 Å². The van der Waals surface area contributed by atoms with Crippen molar-refractivity contribution in [3.05, 3.63) is 45.8 Å². The molecule has 0 aliphatic heterocycles. The van der Waals surface area contributed by atoms with Gasteiger partial charge in [-0.15, -0.1) is 0 Å². The summed E-state index contributed by atoms with van der Waals surface area (Å²) >= 11 is 1.83. The van der Waals surface area contributed by atoms with Gasteiger partial charge in [-0.05, 0) is 46.9 Å². The van der Waals surface area contributed by atoms with Gasteiger partial charge >= 0.3 is 0 Å². The monoisotopic (exact) mass is 354 g/mol. The Hall–Kier alpha value is -1.63. The third-order valence-electron chi connectivity index (χ3n) is 2.71. The van der Waals surface area contributed by atoms with Gasteiger partial charge in [-0.25, -0.2) is 9.37 Å². The van der Waals surface area contributed by atoms with Crippen LogP contribution >= 0.6 is 22.6 Å². The summed E-state index contributed by atoms with van der Waals surface area (Å²) in [6.45, 7) is 0. The molecule has 0 atom stereocenters. The smallest absolute Gasteiger partial charge is 0.178 e. The van der Waals surface area contributed by atoms with Crippen LogP contribution in [0.1, 0.15) is 0 Å². The molecule has 0 aliphatic carbocycles. The van der Waals surface area contributed by atoms with Crippen molar-refractivity contribution < 1.29 is 9.50 Å². The summed E-state index contributed by atoms with van der Waals surface area (Å²) in [6, 6.07) is 10.8. The van der Waals surface area contributed by atoms with E-state index in [0.717, 1.165) is 11.0 Å². The molecule has 1 aromatic heterocycles. The maximum Gasteiger partial charge on any atom is 0.178 e. The molecule has 90 valence electrons. The van der Waals surface area contributed by atoms with E-state index in [1.54, 1.807) is 12.1 Å². The molecule has 3 aromatic rings. The van der Waals surface area contributed by atoms with E-state index in [1.165, 1.54) is 0 Å². The first kappa shape index (κ1) is 11.5. The van der Waals surface area contributed by atoms with Gasteiger partial charge in [-0.3, -0.25) is 0 Å². The molecule has 0 saturated carbocycles. The van der Waals surface area contributed by atoms with Gasteiger partial charge in [-0.1, -0.05) is 12.1 Å². The summed E-state index contributed by atoms with van der Waals surface area (Å²) in [5.41, 5.74) is 2.00. The minimum absolute atomic E-state index is 0.365. The van der Waals surface area contributed by atoms with Crippen LogP contribution in [0.2, 0.25) is 0 Å². The molecule has 0 unspecified atom stereocenters. The fourth-order valence-electron chi connectivity index (χ4n) is 1.81. The fourth-order valence-corrected chi connectivity index (χ4v) is 2.25. The molecule has 0 saturated heterocycles. The Bertz CT molecular complexity index is 706. The first-order chi connectivity index (χ1) is 8.66. The summed E-state index contributed by atoms with van der Waals surface area (Å²) in [5, 5.41) is 9.82. The third-order valence-corrected chi connectivity index (χ3v) is 3.55. The molecule has 0 radical (unpaired) electrons. The first-order valence-electron chi connectivity index (χ1n) is 5.29. The lowest BCUT2D eigenvalue weighted by atomic mass is 10.2. The van der Waals surface area contributed by atoms with Crippen LogP contribution in [0.25, 0.3) is 22.4 Å². The van der Waals surface area contributed by atoms with E-state index in [-0.39, 0.29) is 5.75 Å². The Kier molecular flexibility index (Phi) is 2.70. The van der Waals surface area contributed by atoms with Crippen LogP contribution < -0.4 is 0 Å². The number of fused-ring (bicyclic) bond motifs is 1. The lowest BCUT2D eigenvalue weighted by Gasteiger charge is -2.03. The highest BCUT2D eigenvalue weighted by molar-refractivity contribution is 14.1.